The number of furan rings is 1. The Kier molecular flexibility index (Phi) is 5.72. The van der Waals surface area contributed by atoms with Gasteiger partial charge in [0.15, 0.2) is 0 Å². The molecule has 1 rings (SSSR count). The van der Waals surface area contributed by atoms with Gasteiger partial charge >= 0.3 is 0 Å². The van der Waals surface area contributed by atoms with Gasteiger partial charge in [0.1, 0.15) is 5.76 Å². The fraction of sp³-hybridized carbons (Fsp3) is 0.636. The molecule has 0 fully saturated rings. The quantitative estimate of drug-likeness (QED) is 0.878. The van der Waals surface area contributed by atoms with E-state index in [4.69, 9.17) is 4.42 Å². The second kappa shape index (κ2) is 6.57. The molecule has 3 nitrogen and oxygen atoms in total. The summed E-state index contributed by atoms with van der Waals surface area (Å²) in [5.41, 5.74) is 0. The Morgan fingerprint density at radius 1 is 1.56 bits per heavy atom. The van der Waals surface area contributed by atoms with E-state index in [2.05, 4.69) is 35.1 Å². The van der Waals surface area contributed by atoms with Gasteiger partial charge in [0.2, 0.25) is 0 Å². The molecule has 3 unspecified atom stereocenters. The molecule has 1 heterocycles. The highest BCUT2D eigenvalue weighted by molar-refractivity contribution is 9.10. The second-order valence-electron chi connectivity index (χ2n) is 3.99. The lowest BCUT2D eigenvalue weighted by Crippen LogP contribution is -2.30. The van der Waals surface area contributed by atoms with Crippen LogP contribution in [-0.2, 0) is 10.8 Å². The fourth-order valence-electron chi connectivity index (χ4n) is 1.54. The maximum Gasteiger partial charge on any atom is 0.134 e. The largest absolute Gasteiger partial charge is 0.466 e. The molecule has 0 aliphatic rings. The van der Waals surface area contributed by atoms with Crippen molar-refractivity contribution in [1.82, 2.24) is 5.32 Å². The topological polar surface area (TPSA) is 42.2 Å². The molecule has 0 saturated heterocycles. The Balaban J connectivity index is 2.42. The lowest BCUT2D eigenvalue weighted by Gasteiger charge is -2.18. The Hall–Kier alpha value is -0.130. The van der Waals surface area contributed by atoms with Crippen LogP contribution in [-0.4, -0.2) is 22.3 Å². The summed E-state index contributed by atoms with van der Waals surface area (Å²) < 4.78 is 17.3. The normalized spacial score (nSPS) is 17.0. The molecule has 0 aliphatic heterocycles. The molecule has 92 valence electrons. The van der Waals surface area contributed by atoms with Crippen molar-refractivity contribution in [3.05, 3.63) is 22.6 Å². The van der Waals surface area contributed by atoms with E-state index in [-0.39, 0.29) is 6.04 Å². The van der Waals surface area contributed by atoms with Crippen LogP contribution < -0.4 is 5.32 Å². The van der Waals surface area contributed by atoms with Gasteiger partial charge in [-0.1, -0.05) is 0 Å². The molecule has 0 aliphatic carbocycles. The Labute approximate surface area is 108 Å². The zero-order valence-electron chi connectivity index (χ0n) is 9.83. The van der Waals surface area contributed by atoms with Crippen molar-refractivity contribution in [1.29, 1.82) is 0 Å². The van der Waals surface area contributed by atoms with Crippen molar-refractivity contribution in [3.8, 4) is 0 Å². The molecule has 0 radical (unpaired) electrons. The maximum atomic E-state index is 11.0. The van der Waals surface area contributed by atoms with E-state index in [0.29, 0.717) is 6.04 Å². The van der Waals surface area contributed by atoms with Crippen LogP contribution in [0.1, 0.15) is 32.1 Å². The van der Waals surface area contributed by atoms with Crippen LogP contribution in [0.15, 0.2) is 21.2 Å². The lowest BCUT2D eigenvalue weighted by molar-refractivity contribution is 0.392. The third-order valence-electron chi connectivity index (χ3n) is 2.41. The number of hydrogen-bond donors (Lipinski definition) is 1. The molecule has 1 aromatic heterocycles. The predicted molar refractivity (Wildman–Crippen MR) is 71.0 cm³/mol. The first-order valence-corrected chi connectivity index (χ1v) is 7.81. The average Bonchev–Trinajstić information content (AvgIpc) is 2.61. The van der Waals surface area contributed by atoms with Crippen LogP contribution in [0.2, 0.25) is 0 Å². The van der Waals surface area contributed by atoms with Gasteiger partial charge in [0, 0.05) is 28.9 Å². The van der Waals surface area contributed by atoms with Crippen molar-refractivity contribution in [3.63, 3.8) is 0 Å². The van der Waals surface area contributed by atoms with Crippen LogP contribution in [0.3, 0.4) is 0 Å². The van der Waals surface area contributed by atoms with Crippen LogP contribution in [0, 0.1) is 0 Å². The third kappa shape index (κ3) is 4.39. The molecule has 0 aromatic carbocycles. The maximum absolute atomic E-state index is 11.0. The van der Waals surface area contributed by atoms with Gasteiger partial charge in [0.05, 0.1) is 16.8 Å². The van der Waals surface area contributed by atoms with Gasteiger partial charge in [-0.2, -0.15) is 0 Å². The summed E-state index contributed by atoms with van der Waals surface area (Å²) in [7, 11) is -0.715. The monoisotopic (exact) mass is 307 g/mol. The van der Waals surface area contributed by atoms with Gasteiger partial charge < -0.3 is 9.73 Å². The predicted octanol–water partition coefficient (Wildman–Crippen LogP) is 2.85. The average molecular weight is 308 g/mol. The lowest BCUT2D eigenvalue weighted by atomic mass is 10.2. The molecule has 0 saturated carbocycles. The van der Waals surface area contributed by atoms with E-state index in [0.717, 1.165) is 22.4 Å². The summed E-state index contributed by atoms with van der Waals surface area (Å²) in [6, 6.07) is 2.37. The van der Waals surface area contributed by atoms with Crippen molar-refractivity contribution < 1.29 is 8.63 Å². The van der Waals surface area contributed by atoms with Crippen molar-refractivity contribution in [2.75, 3.05) is 12.0 Å². The first-order chi connectivity index (χ1) is 7.50. The van der Waals surface area contributed by atoms with Gasteiger partial charge in [-0.15, -0.1) is 0 Å². The van der Waals surface area contributed by atoms with E-state index >= 15 is 0 Å². The van der Waals surface area contributed by atoms with Gasteiger partial charge in [-0.25, -0.2) is 0 Å². The van der Waals surface area contributed by atoms with Crippen molar-refractivity contribution in [2.45, 2.75) is 32.4 Å². The van der Waals surface area contributed by atoms with E-state index in [1.165, 1.54) is 0 Å². The number of hydrogen-bond acceptors (Lipinski definition) is 3. The Bertz CT molecular complexity index is 354. The number of halogens is 1. The molecule has 16 heavy (non-hydrogen) atoms. The molecule has 3 atom stereocenters. The van der Waals surface area contributed by atoms with Crippen molar-refractivity contribution >= 4 is 26.7 Å². The SMILES string of the molecule is CC(CCS(C)=O)NC(C)c1occc1Br. The Morgan fingerprint density at radius 3 is 2.75 bits per heavy atom. The minimum absolute atomic E-state index is 0.157. The molecule has 0 amide bonds. The van der Waals surface area contributed by atoms with Crippen LogP contribution in [0.4, 0.5) is 0 Å². The number of rotatable bonds is 6. The molecule has 1 aromatic rings. The van der Waals surface area contributed by atoms with E-state index in [1.54, 1.807) is 12.5 Å². The molecule has 1 N–H and O–H groups in total. The zero-order valence-corrected chi connectivity index (χ0v) is 12.2. The summed E-state index contributed by atoms with van der Waals surface area (Å²) in [5, 5.41) is 3.42. The minimum atomic E-state index is -0.715. The smallest absolute Gasteiger partial charge is 0.134 e. The minimum Gasteiger partial charge on any atom is -0.466 e. The second-order valence-corrected chi connectivity index (χ2v) is 6.40. The van der Waals surface area contributed by atoms with Gasteiger partial charge in [-0.05, 0) is 42.3 Å². The zero-order chi connectivity index (χ0) is 12.1. The standard InChI is InChI=1S/C11H18BrNO2S/c1-8(5-7-16(3)14)13-9(2)11-10(12)4-6-15-11/h4,6,8-9,13H,5,7H2,1-3H3. The summed E-state index contributed by atoms with van der Waals surface area (Å²) in [5.74, 6) is 1.64. The first-order valence-electron chi connectivity index (χ1n) is 5.29. The van der Waals surface area contributed by atoms with E-state index < -0.39 is 10.8 Å². The van der Waals surface area contributed by atoms with Crippen molar-refractivity contribution in [2.24, 2.45) is 0 Å². The molecular weight excluding hydrogens is 290 g/mol. The van der Waals surface area contributed by atoms with E-state index in [9.17, 15) is 4.21 Å². The van der Waals surface area contributed by atoms with Crippen LogP contribution in [0.5, 0.6) is 0 Å². The fourth-order valence-corrected chi connectivity index (χ4v) is 2.77. The molecule has 0 spiro atoms. The Morgan fingerprint density at radius 2 is 2.25 bits per heavy atom. The summed E-state index contributed by atoms with van der Waals surface area (Å²) in [6.45, 7) is 4.16. The molecular formula is C11H18BrNO2S. The highest BCUT2D eigenvalue weighted by Crippen LogP contribution is 2.24. The van der Waals surface area contributed by atoms with E-state index in [1.807, 2.05) is 6.07 Å². The molecule has 5 heteroatoms. The number of nitrogens with one attached hydrogen (secondary N) is 1. The highest BCUT2D eigenvalue weighted by Gasteiger charge is 2.15. The summed E-state index contributed by atoms with van der Waals surface area (Å²) in [4.78, 5) is 0. The van der Waals surface area contributed by atoms with Gasteiger partial charge in [0.25, 0.3) is 0 Å². The third-order valence-corrected chi connectivity index (χ3v) is 3.88. The summed E-state index contributed by atoms with van der Waals surface area (Å²) in [6.07, 6.45) is 4.31. The highest BCUT2D eigenvalue weighted by atomic mass is 79.9. The van der Waals surface area contributed by atoms with Crippen LogP contribution in [0.25, 0.3) is 0 Å². The summed E-state index contributed by atoms with van der Waals surface area (Å²) >= 11 is 3.44. The van der Waals surface area contributed by atoms with Crippen LogP contribution >= 0.6 is 15.9 Å². The molecule has 0 bridgehead atoms. The first kappa shape index (κ1) is 13.9. The van der Waals surface area contributed by atoms with Gasteiger partial charge in [-0.3, -0.25) is 4.21 Å².